The minimum Gasteiger partial charge on any atom is -0.508 e. The van der Waals surface area contributed by atoms with Crippen LogP contribution in [0.3, 0.4) is 0 Å². The monoisotopic (exact) mass is 390 g/mol. The summed E-state index contributed by atoms with van der Waals surface area (Å²) in [5.41, 5.74) is 1.43. The lowest BCUT2D eigenvalue weighted by molar-refractivity contribution is 0.183. The van der Waals surface area contributed by atoms with Crippen molar-refractivity contribution >= 4 is 10.1 Å². The van der Waals surface area contributed by atoms with Crippen LogP contribution in [0, 0.1) is 6.07 Å². The van der Waals surface area contributed by atoms with Gasteiger partial charge in [0.25, 0.3) is 0 Å². The summed E-state index contributed by atoms with van der Waals surface area (Å²) in [7, 11) is -3.56. The smallest absolute Gasteiger partial charge is 0.306 e. The number of likely N-dealkylation sites (tertiary alicyclic amines) is 1. The van der Waals surface area contributed by atoms with Crippen molar-refractivity contribution in [2.45, 2.75) is 19.3 Å². The maximum atomic E-state index is 11.2. The van der Waals surface area contributed by atoms with E-state index in [2.05, 4.69) is 11.0 Å². The van der Waals surface area contributed by atoms with Crippen molar-refractivity contribution in [1.29, 1.82) is 0 Å². The normalized spacial score (nSPS) is 15.4. The maximum absolute atomic E-state index is 11.2. The van der Waals surface area contributed by atoms with E-state index in [1.54, 1.807) is 36.4 Å². The Labute approximate surface area is 160 Å². The summed E-state index contributed by atoms with van der Waals surface area (Å²) in [6, 6.07) is 12.8. The number of nitrogens with zero attached hydrogens (tertiary/aromatic N) is 1. The van der Waals surface area contributed by atoms with Gasteiger partial charge in [-0.15, -0.1) is 0 Å². The average Bonchev–Trinajstić information content (AvgIpc) is 2.61. The Morgan fingerprint density at radius 1 is 1.11 bits per heavy atom. The van der Waals surface area contributed by atoms with Gasteiger partial charge in [0.15, 0.2) is 0 Å². The molecule has 3 rings (SSSR count). The molecule has 0 aromatic heterocycles. The fourth-order valence-electron chi connectivity index (χ4n) is 3.09. The van der Waals surface area contributed by atoms with Crippen molar-refractivity contribution in [3.8, 4) is 28.4 Å². The van der Waals surface area contributed by atoms with E-state index in [0.717, 1.165) is 31.5 Å². The summed E-state index contributed by atoms with van der Waals surface area (Å²) < 4.78 is 33.0. The molecule has 0 aliphatic carbocycles. The van der Waals surface area contributed by atoms with E-state index < -0.39 is 10.1 Å². The minimum absolute atomic E-state index is 0.0909. The quantitative estimate of drug-likeness (QED) is 0.733. The molecular formula is C20H24NO5S. The number of aromatic hydroxyl groups is 1. The third kappa shape index (κ3) is 6.15. The van der Waals surface area contributed by atoms with Crippen LogP contribution < -0.4 is 8.92 Å². The number of piperidine rings is 1. The summed E-state index contributed by atoms with van der Waals surface area (Å²) in [6.45, 7) is 3.62. The van der Waals surface area contributed by atoms with E-state index in [1.807, 2.05) is 0 Å². The number of phenolic OH excluding ortho intramolecular Hbond substituents is 1. The van der Waals surface area contributed by atoms with E-state index >= 15 is 0 Å². The topological polar surface area (TPSA) is 76.1 Å². The second-order valence-electron chi connectivity index (χ2n) is 6.68. The fraction of sp³-hybridized carbons (Fsp3) is 0.400. The van der Waals surface area contributed by atoms with Gasteiger partial charge in [-0.3, -0.25) is 4.90 Å². The molecule has 1 N–H and O–H groups in total. The van der Waals surface area contributed by atoms with Crippen molar-refractivity contribution in [3.63, 3.8) is 0 Å². The van der Waals surface area contributed by atoms with E-state index in [4.69, 9.17) is 8.92 Å². The average molecular weight is 390 g/mol. The van der Waals surface area contributed by atoms with Gasteiger partial charge in [0, 0.05) is 18.7 Å². The van der Waals surface area contributed by atoms with E-state index in [9.17, 15) is 13.5 Å². The van der Waals surface area contributed by atoms with Gasteiger partial charge in [-0.25, -0.2) is 0 Å². The molecule has 1 fully saturated rings. The van der Waals surface area contributed by atoms with Gasteiger partial charge in [0.1, 0.15) is 23.9 Å². The molecule has 1 saturated heterocycles. The first-order chi connectivity index (χ1) is 12.9. The van der Waals surface area contributed by atoms with Gasteiger partial charge in [-0.1, -0.05) is 18.6 Å². The lowest BCUT2D eigenvalue weighted by Crippen LogP contribution is -2.33. The predicted molar refractivity (Wildman–Crippen MR) is 104 cm³/mol. The van der Waals surface area contributed by atoms with Gasteiger partial charge in [0.2, 0.25) is 0 Å². The molecule has 6 nitrogen and oxygen atoms in total. The molecule has 2 aromatic rings. The van der Waals surface area contributed by atoms with Gasteiger partial charge >= 0.3 is 10.1 Å². The molecule has 0 saturated carbocycles. The Bertz CT molecular complexity index is 858. The van der Waals surface area contributed by atoms with Gasteiger partial charge < -0.3 is 14.0 Å². The third-order valence-corrected chi connectivity index (χ3v) is 4.85. The molecule has 1 aliphatic heterocycles. The van der Waals surface area contributed by atoms with Crippen molar-refractivity contribution in [2.75, 3.05) is 32.5 Å². The summed E-state index contributed by atoms with van der Waals surface area (Å²) >= 11 is 0. The minimum atomic E-state index is -3.56. The SMILES string of the molecule is CS(=O)(=O)Oc1ccc(-c2[c]c(OCCN3CCCCC3)cc(O)c2)cc1. The Balaban J connectivity index is 1.65. The van der Waals surface area contributed by atoms with Crippen LogP contribution >= 0.6 is 0 Å². The molecule has 0 amide bonds. The zero-order chi connectivity index (χ0) is 19.3. The van der Waals surface area contributed by atoms with Crippen LogP contribution in [0.15, 0.2) is 36.4 Å². The number of benzene rings is 2. The van der Waals surface area contributed by atoms with Crippen LogP contribution in [0.5, 0.6) is 17.2 Å². The Kier molecular flexibility index (Phi) is 6.23. The van der Waals surface area contributed by atoms with E-state index in [1.165, 1.54) is 19.3 Å². The number of phenols is 1. The van der Waals surface area contributed by atoms with Crippen LogP contribution in [0.2, 0.25) is 0 Å². The van der Waals surface area contributed by atoms with Crippen LogP contribution in [-0.2, 0) is 10.1 Å². The van der Waals surface area contributed by atoms with Gasteiger partial charge in [-0.05, 0) is 55.3 Å². The van der Waals surface area contributed by atoms with Crippen molar-refractivity contribution in [1.82, 2.24) is 4.90 Å². The van der Waals surface area contributed by atoms with Crippen molar-refractivity contribution in [2.24, 2.45) is 0 Å². The van der Waals surface area contributed by atoms with Crippen molar-refractivity contribution in [3.05, 3.63) is 42.5 Å². The molecular weight excluding hydrogens is 366 g/mol. The first-order valence-electron chi connectivity index (χ1n) is 9.00. The number of hydrogen-bond donors (Lipinski definition) is 1. The summed E-state index contributed by atoms with van der Waals surface area (Å²) in [5, 5.41) is 10.00. The number of rotatable bonds is 7. The molecule has 2 aromatic carbocycles. The lowest BCUT2D eigenvalue weighted by Gasteiger charge is -2.26. The Hall–Kier alpha value is -2.25. The third-order valence-electron chi connectivity index (χ3n) is 4.36. The van der Waals surface area contributed by atoms with Crippen LogP contribution in [0.1, 0.15) is 19.3 Å². The number of ether oxygens (including phenoxy) is 1. The molecule has 1 radical (unpaired) electrons. The molecule has 7 heteroatoms. The van der Waals surface area contributed by atoms with Crippen LogP contribution in [-0.4, -0.2) is 50.9 Å². The molecule has 0 spiro atoms. The molecule has 0 bridgehead atoms. The second-order valence-corrected chi connectivity index (χ2v) is 8.25. The van der Waals surface area contributed by atoms with Crippen molar-refractivity contribution < 1.29 is 22.4 Å². The maximum Gasteiger partial charge on any atom is 0.306 e. The zero-order valence-corrected chi connectivity index (χ0v) is 16.2. The van der Waals surface area contributed by atoms with Gasteiger partial charge in [-0.2, -0.15) is 8.42 Å². The van der Waals surface area contributed by atoms with Crippen LogP contribution in [0.25, 0.3) is 11.1 Å². The molecule has 0 atom stereocenters. The van der Waals surface area contributed by atoms with E-state index in [0.29, 0.717) is 17.9 Å². The second kappa shape index (κ2) is 8.63. The molecule has 27 heavy (non-hydrogen) atoms. The Morgan fingerprint density at radius 3 is 2.48 bits per heavy atom. The standard InChI is InChI=1S/C20H24NO5S/c1-27(23,24)26-19-7-5-16(6-8-19)17-13-18(22)15-20(14-17)25-12-11-21-9-3-2-4-10-21/h5-8,13,15,22H,2-4,9-12H2,1H3. The zero-order valence-electron chi connectivity index (χ0n) is 15.3. The highest BCUT2D eigenvalue weighted by atomic mass is 32.2. The fourth-order valence-corrected chi connectivity index (χ4v) is 3.56. The molecule has 145 valence electrons. The largest absolute Gasteiger partial charge is 0.508 e. The molecule has 1 aliphatic rings. The molecule has 1 heterocycles. The molecule has 0 unspecified atom stereocenters. The highest BCUT2D eigenvalue weighted by Crippen LogP contribution is 2.30. The first kappa shape index (κ1) is 19.5. The van der Waals surface area contributed by atoms with Gasteiger partial charge in [0.05, 0.1) is 6.26 Å². The summed E-state index contributed by atoms with van der Waals surface area (Å²) in [5.74, 6) is 0.811. The first-order valence-corrected chi connectivity index (χ1v) is 10.8. The van der Waals surface area contributed by atoms with E-state index in [-0.39, 0.29) is 11.5 Å². The van der Waals surface area contributed by atoms with Crippen LogP contribution in [0.4, 0.5) is 0 Å². The lowest BCUT2D eigenvalue weighted by atomic mass is 10.0. The predicted octanol–water partition coefficient (Wildman–Crippen LogP) is 3.06. The number of hydrogen-bond acceptors (Lipinski definition) is 6. The highest BCUT2D eigenvalue weighted by molar-refractivity contribution is 7.86. The Morgan fingerprint density at radius 2 is 1.81 bits per heavy atom. The highest BCUT2D eigenvalue weighted by Gasteiger charge is 2.11. The summed E-state index contributed by atoms with van der Waals surface area (Å²) in [6.07, 6.45) is 4.77. The summed E-state index contributed by atoms with van der Waals surface area (Å²) in [4.78, 5) is 2.38.